The average Bonchev–Trinajstić information content (AvgIpc) is 2.36. The zero-order chi connectivity index (χ0) is 8.27. The molecule has 0 amide bonds. The maximum atomic E-state index is 10.6. The van der Waals surface area contributed by atoms with Crippen molar-refractivity contribution in [2.75, 3.05) is 13.2 Å². The van der Waals surface area contributed by atoms with Crippen LogP contribution in [0.2, 0.25) is 0 Å². The van der Waals surface area contributed by atoms with Crippen LogP contribution in [-0.4, -0.2) is 35.3 Å². The Balaban J connectivity index is 2.44. The molecule has 1 heterocycles. The predicted molar refractivity (Wildman–Crippen MR) is 39.0 cm³/mol. The van der Waals surface area contributed by atoms with E-state index in [0.717, 1.165) is 13.0 Å². The van der Waals surface area contributed by atoms with E-state index >= 15 is 0 Å². The van der Waals surface area contributed by atoms with E-state index in [4.69, 9.17) is 9.94 Å². The van der Waals surface area contributed by atoms with Crippen LogP contribution in [0.3, 0.4) is 0 Å². The van der Waals surface area contributed by atoms with Crippen molar-refractivity contribution in [1.82, 2.24) is 5.06 Å². The van der Waals surface area contributed by atoms with Gasteiger partial charge in [0.05, 0.1) is 6.61 Å². The molecule has 4 heteroatoms. The first-order valence-electron chi connectivity index (χ1n) is 3.88. The van der Waals surface area contributed by atoms with Crippen molar-refractivity contribution in [2.45, 2.75) is 25.8 Å². The topological polar surface area (TPSA) is 49.8 Å². The third-order valence-electron chi connectivity index (χ3n) is 1.78. The van der Waals surface area contributed by atoms with Gasteiger partial charge in [-0.25, -0.2) is 0 Å². The van der Waals surface area contributed by atoms with Crippen LogP contribution >= 0.6 is 0 Å². The Hall–Kier alpha value is -0.610. The van der Waals surface area contributed by atoms with Gasteiger partial charge in [-0.05, 0) is 19.8 Å². The lowest BCUT2D eigenvalue weighted by molar-refractivity contribution is -0.183. The fraction of sp³-hybridized carbons (Fsp3) is 0.857. The summed E-state index contributed by atoms with van der Waals surface area (Å²) in [7, 11) is 0. The highest BCUT2D eigenvalue weighted by molar-refractivity contribution is 5.73. The molecule has 1 atom stereocenters. The summed E-state index contributed by atoms with van der Waals surface area (Å²) in [6.45, 7) is 3.14. The molecule has 0 spiro atoms. The molecule has 1 fully saturated rings. The van der Waals surface area contributed by atoms with E-state index in [1.165, 1.54) is 0 Å². The van der Waals surface area contributed by atoms with E-state index in [-0.39, 0.29) is 0 Å². The second-order valence-electron chi connectivity index (χ2n) is 2.55. The molecule has 1 saturated heterocycles. The zero-order valence-corrected chi connectivity index (χ0v) is 6.62. The van der Waals surface area contributed by atoms with Crippen LogP contribution in [-0.2, 0) is 9.63 Å². The van der Waals surface area contributed by atoms with Gasteiger partial charge in [-0.1, -0.05) is 0 Å². The van der Waals surface area contributed by atoms with Gasteiger partial charge in [0.25, 0.3) is 0 Å². The van der Waals surface area contributed by atoms with Crippen molar-refractivity contribution in [3.8, 4) is 0 Å². The molecule has 1 aliphatic rings. The summed E-state index contributed by atoms with van der Waals surface area (Å²) < 4.78 is 0. The molecule has 1 unspecified atom stereocenters. The Kier molecular flexibility index (Phi) is 2.84. The van der Waals surface area contributed by atoms with Gasteiger partial charge in [0.15, 0.2) is 0 Å². The second-order valence-corrected chi connectivity index (χ2v) is 2.55. The molecular weight excluding hydrogens is 146 g/mol. The summed E-state index contributed by atoms with van der Waals surface area (Å²) in [5.74, 6) is -0.782. The van der Waals surface area contributed by atoms with Gasteiger partial charge >= 0.3 is 5.97 Å². The Bertz CT molecular complexity index is 149. The number of carboxylic acids is 1. The Morgan fingerprint density at radius 3 is 3.09 bits per heavy atom. The van der Waals surface area contributed by atoms with E-state index < -0.39 is 12.0 Å². The summed E-state index contributed by atoms with van der Waals surface area (Å²) in [5, 5.41) is 10.2. The lowest BCUT2D eigenvalue weighted by atomic mass is 10.2. The third-order valence-corrected chi connectivity index (χ3v) is 1.78. The zero-order valence-electron chi connectivity index (χ0n) is 6.62. The summed E-state index contributed by atoms with van der Waals surface area (Å²) in [4.78, 5) is 15.7. The van der Waals surface area contributed by atoms with Gasteiger partial charge in [-0.15, -0.1) is 0 Å². The molecule has 0 saturated carbocycles. The van der Waals surface area contributed by atoms with Gasteiger partial charge in [0.1, 0.15) is 6.04 Å². The summed E-state index contributed by atoms with van der Waals surface area (Å²) in [5.41, 5.74) is 0. The molecule has 0 bridgehead atoms. The van der Waals surface area contributed by atoms with Crippen molar-refractivity contribution in [3.63, 3.8) is 0 Å². The standard InChI is InChI=1S/C7H13NO3/c1-2-11-8-5-3-4-6(8)7(9)10/h6H,2-5H2,1H3,(H,9,10). The number of hydrogen-bond acceptors (Lipinski definition) is 3. The molecular formula is C7H13NO3. The summed E-state index contributed by atoms with van der Waals surface area (Å²) in [6.07, 6.45) is 1.62. The Labute approximate surface area is 65.7 Å². The predicted octanol–water partition coefficient (Wildman–Crippen LogP) is 0.487. The van der Waals surface area contributed by atoms with Crippen molar-refractivity contribution >= 4 is 5.97 Å². The van der Waals surface area contributed by atoms with Gasteiger partial charge in [0.2, 0.25) is 0 Å². The SMILES string of the molecule is CCON1CCCC1C(=O)O. The van der Waals surface area contributed by atoms with Gasteiger partial charge in [-0.2, -0.15) is 5.06 Å². The van der Waals surface area contributed by atoms with E-state index in [1.807, 2.05) is 6.92 Å². The van der Waals surface area contributed by atoms with Gasteiger partial charge < -0.3 is 5.11 Å². The molecule has 64 valence electrons. The van der Waals surface area contributed by atoms with Crippen LogP contribution in [0.1, 0.15) is 19.8 Å². The normalized spacial score (nSPS) is 25.7. The molecule has 4 nitrogen and oxygen atoms in total. The molecule has 0 radical (unpaired) electrons. The van der Waals surface area contributed by atoms with Crippen molar-refractivity contribution < 1.29 is 14.7 Å². The van der Waals surface area contributed by atoms with E-state index in [1.54, 1.807) is 5.06 Å². The quantitative estimate of drug-likeness (QED) is 0.651. The number of aliphatic carboxylic acids is 1. The van der Waals surface area contributed by atoms with Crippen LogP contribution < -0.4 is 0 Å². The third kappa shape index (κ3) is 1.91. The number of carbonyl (C=O) groups is 1. The minimum absolute atomic E-state index is 0.421. The molecule has 11 heavy (non-hydrogen) atoms. The smallest absolute Gasteiger partial charge is 0.323 e. The van der Waals surface area contributed by atoms with Crippen LogP contribution in [0.5, 0.6) is 0 Å². The molecule has 1 rings (SSSR count). The lowest BCUT2D eigenvalue weighted by Gasteiger charge is -2.18. The van der Waals surface area contributed by atoms with Crippen molar-refractivity contribution in [2.24, 2.45) is 0 Å². The molecule has 0 aromatic rings. The highest BCUT2D eigenvalue weighted by Gasteiger charge is 2.30. The molecule has 1 aliphatic heterocycles. The van der Waals surface area contributed by atoms with Crippen LogP contribution in [0.25, 0.3) is 0 Å². The highest BCUT2D eigenvalue weighted by atomic mass is 16.7. The first-order valence-corrected chi connectivity index (χ1v) is 3.88. The lowest BCUT2D eigenvalue weighted by Crippen LogP contribution is -2.35. The first kappa shape index (κ1) is 8.49. The second kappa shape index (κ2) is 3.69. The monoisotopic (exact) mass is 159 g/mol. The number of rotatable bonds is 3. The van der Waals surface area contributed by atoms with E-state index in [0.29, 0.717) is 13.0 Å². The highest BCUT2D eigenvalue weighted by Crippen LogP contribution is 2.16. The number of nitrogens with zero attached hydrogens (tertiary/aromatic N) is 1. The van der Waals surface area contributed by atoms with Crippen molar-refractivity contribution in [1.29, 1.82) is 0 Å². The van der Waals surface area contributed by atoms with E-state index in [2.05, 4.69) is 0 Å². The minimum Gasteiger partial charge on any atom is -0.480 e. The molecule has 0 aromatic heterocycles. The Morgan fingerprint density at radius 1 is 1.82 bits per heavy atom. The van der Waals surface area contributed by atoms with Crippen molar-refractivity contribution in [3.05, 3.63) is 0 Å². The van der Waals surface area contributed by atoms with Crippen LogP contribution in [0.4, 0.5) is 0 Å². The van der Waals surface area contributed by atoms with Crippen LogP contribution in [0, 0.1) is 0 Å². The first-order chi connectivity index (χ1) is 5.25. The molecule has 0 aliphatic carbocycles. The largest absolute Gasteiger partial charge is 0.480 e. The summed E-state index contributed by atoms with van der Waals surface area (Å²) >= 11 is 0. The molecule has 1 N–H and O–H groups in total. The fourth-order valence-electron chi connectivity index (χ4n) is 1.31. The van der Waals surface area contributed by atoms with E-state index in [9.17, 15) is 4.79 Å². The Morgan fingerprint density at radius 2 is 2.55 bits per heavy atom. The average molecular weight is 159 g/mol. The maximum Gasteiger partial charge on any atom is 0.323 e. The number of carboxylic acid groups (broad SMARTS) is 1. The fourth-order valence-corrected chi connectivity index (χ4v) is 1.31. The molecule has 0 aromatic carbocycles. The number of hydrogen-bond donors (Lipinski definition) is 1. The summed E-state index contributed by atoms with van der Waals surface area (Å²) in [6, 6.07) is -0.421. The minimum atomic E-state index is -0.782. The van der Waals surface area contributed by atoms with Crippen LogP contribution in [0.15, 0.2) is 0 Å². The maximum absolute atomic E-state index is 10.6. The van der Waals surface area contributed by atoms with Gasteiger partial charge in [-0.3, -0.25) is 9.63 Å². The van der Waals surface area contributed by atoms with Gasteiger partial charge in [0, 0.05) is 6.54 Å². The number of hydroxylamine groups is 2.